The maximum Gasteiger partial charge on any atom is 0.161 e. The lowest BCUT2D eigenvalue weighted by Gasteiger charge is -2.33. The number of piperidine rings is 1. The van der Waals surface area contributed by atoms with Crippen molar-refractivity contribution in [3.8, 4) is 0 Å². The molecule has 0 bridgehead atoms. The summed E-state index contributed by atoms with van der Waals surface area (Å²) in [5.74, 6) is 1.22. The maximum absolute atomic E-state index is 4.97. The van der Waals surface area contributed by atoms with Gasteiger partial charge in [0.15, 0.2) is 5.65 Å². The molecule has 2 aromatic rings. The van der Waals surface area contributed by atoms with E-state index < -0.39 is 0 Å². The highest BCUT2D eigenvalue weighted by atomic mass is 15.3. The van der Waals surface area contributed by atoms with Crippen LogP contribution in [0.4, 0.5) is 0 Å². The zero-order chi connectivity index (χ0) is 15.8. The molecule has 2 aliphatic rings. The van der Waals surface area contributed by atoms with Crippen molar-refractivity contribution in [2.45, 2.75) is 50.7 Å². The van der Waals surface area contributed by atoms with Gasteiger partial charge in [0, 0.05) is 18.7 Å². The third kappa shape index (κ3) is 2.76. The minimum Gasteiger partial charge on any atom is -0.303 e. The molecule has 5 heteroatoms. The van der Waals surface area contributed by atoms with Gasteiger partial charge < -0.3 is 4.90 Å². The molecule has 2 aromatic heterocycles. The summed E-state index contributed by atoms with van der Waals surface area (Å²) in [6.07, 6.45) is 9.77. The Morgan fingerprint density at radius 1 is 1.09 bits per heavy atom. The van der Waals surface area contributed by atoms with E-state index in [1.54, 1.807) is 0 Å². The van der Waals surface area contributed by atoms with Crippen LogP contribution in [0.3, 0.4) is 0 Å². The van der Waals surface area contributed by atoms with Crippen molar-refractivity contribution in [2.24, 2.45) is 0 Å². The number of pyridine rings is 1. The fourth-order valence-corrected chi connectivity index (χ4v) is 4.27. The molecule has 5 nitrogen and oxygen atoms in total. The van der Waals surface area contributed by atoms with Crippen LogP contribution in [-0.4, -0.2) is 57.6 Å². The third-order valence-electron chi connectivity index (χ3n) is 5.64. The predicted molar refractivity (Wildman–Crippen MR) is 92.4 cm³/mol. The van der Waals surface area contributed by atoms with E-state index in [9.17, 15) is 0 Å². The lowest BCUT2D eigenvalue weighted by molar-refractivity contribution is 0.176. The number of fused-ring (bicyclic) bond motifs is 1. The van der Waals surface area contributed by atoms with E-state index in [0.717, 1.165) is 17.6 Å². The van der Waals surface area contributed by atoms with Gasteiger partial charge in [0.2, 0.25) is 0 Å². The van der Waals surface area contributed by atoms with Crippen LogP contribution in [0.25, 0.3) is 11.2 Å². The normalized spacial score (nSPS) is 27.0. The molecule has 0 amide bonds. The van der Waals surface area contributed by atoms with Crippen LogP contribution in [0.2, 0.25) is 0 Å². The van der Waals surface area contributed by atoms with E-state index >= 15 is 0 Å². The zero-order valence-corrected chi connectivity index (χ0v) is 14.3. The number of rotatable bonds is 3. The van der Waals surface area contributed by atoms with E-state index in [4.69, 9.17) is 4.98 Å². The first-order valence-electron chi connectivity index (χ1n) is 8.96. The zero-order valence-electron chi connectivity index (χ0n) is 14.3. The van der Waals surface area contributed by atoms with Gasteiger partial charge in [-0.3, -0.25) is 9.47 Å². The summed E-state index contributed by atoms with van der Waals surface area (Å²) in [5, 5.41) is 0. The van der Waals surface area contributed by atoms with Crippen molar-refractivity contribution in [3.05, 3.63) is 24.2 Å². The molecule has 2 atom stereocenters. The van der Waals surface area contributed by atoms with Crippen molar-refractivity contribution < 1.29 is 0 Å². The minimum absolute atomic E-state index is 0.416. The van der Waals surface area contributed by atoms with E-state index in [-0.39, 0.29) is 0 Å². The monoisotopic (exact) mass is 313 g/mol. The highest BCUT2D eigenvalue weighted by molar-refractivity contribution is 5.71. The predicted octanol–water partition coefficient (Wildman–Crippen LogP) is 2.68. The van der Waals surface area contributed by atoms with E-state index in [1.807, 2.05) is 12.3 Å². The molecule has 0 spiro atoms. The molecule has 0 saturated carbocycles. The van der Waals surface area contributed by atoms with Crippen molar-refractivity contribution in [2.75, 3.05) is 27.2 Å². The molecule has 4 heterocycles. The summed E-state index contributed by atoms with van der Waals surface area (Å²) in [6.45, 7) is 2.38. The van der Waals surface area contributed by atoms with E-state index in [1.165, 1.54) is 51.0 Å². The van der Waals surface area contributed by atoms with Crippen LogP contribution in [0.5, 0.6) is 0 Å². The van der Waals surface area contributed by atoms with Crippen LogP contribution in [-0.2, 0) is 6.42 Å². The first-order valence-corrected chi connectivity index (χ1v) is 8.96. The second-order valence-electron chi connectivity index (χ2n) is 7.18. The van der Waals surface area contributed by atoms with Gasteiger partial charge in [0.25, 0.3) is 0 Å². The lowest BCUT2D eigenvalue weighted by Crippen LogP contribution is -2.38. The second kappa shape index (κ2) is 6.21. The average molecular weight is 313 g/mol. The lowest BCUT2D eigenvalue weighted by atomic mass is 10.00. The Morgan fingerprint density at radius 2 is 1.96 bits per heavy atom. The van der Waals surface area contributed by atoms with E-state index in [2.05, 4.69) is 39.5 Å². The molecular weight excluding hydrogens is 286 g/mol. The Labute approximate surface area is 138 Å². The molecule has 0 N–H and O–H groups in total. The minimum atomic E-state index is 0.416. The molecule has 2 saturated heterocycles. The van der Waals surface area contributed by atoms with E-state index in [0.29, 0.717) is 12.2 Å². The van der Waals surface area contributed by atoms with Gasteiger partial charge in [-0.05, 0) is 65.0 Å². The highest BCUT2D eigenvalue weighted by Crippen LogP contribution is 2.31. The quantitative estimate of drug-likeness (QED) is 0.873. The SMILES string of the molecule is CN1CCCCC1Cc1nc2cccnc2n1C1CCCN1C. The Morgan fingerprint density at radius 3 is 2.74 bits per heavy atom. The van der Waals surface area contributed by atoms with Crippen molar-refractivity contribution in [3.63, 3.8) is 0 Å². The fourth-order valence-electron chi connectivity index (χ4n) is 4.27. The van der Waals surface area contributed by atoms with Gasteiger partial charge in [0.1, 0.15) is 11.3 Å². The maximum atomic E-state index is 4.97. The van der Waals surface area contributed by atoms with Gasteiger partial charge >= 0.3 is 0 Å². The molecule has 0 radical (unpaired) electrons. The summed E-state index contributed by atoms with van der Waals surface area (Å²) in [5.41, 5.74) is 2.10. The van der Waals surface area contributed by atoms with Crippen LogP contribution >= 0.6 is 0 Å². The number of nitrogens with zero attached hydrogens (tertiary/aromatic N) is 5. The first kappa shape index (κ1) is 15.1. The molecule has 0 aromatic carbocycles. The number of aromatic nitrogens is 3. The molecule has 124 valence electrons. The molecular formula is C18H27N5. The summed E-state index contributed by atoms with van der Waals surface area (Å²) >= 11 is 0. The Balaban J connectivity index is 1.73. The highest BCUT2D eigenvalue weighted by Gasteiger charge is 2.29. The number of hydrogen-bond donors (Lipinski definition) is 0. The fraction of sp³-hybridized carbons (Fsp3) is 0.667. The van der Waals surface area contributed by atoms with Crippen molar-refractivity contribution in [1.82, 2.24) is 24.3 Å². The first-order chi connectivity index (χ1) is 11.2. The second-order valence-corrected chi connectivity index (χ2v) is 7.18. The number of likely N-dealkylation sites (N-methyl/N-ethyl adjacent to an activating group) is 1. The molecule has 2 fully saturated rings. The summed E-state index contributed by atoms with van der Waals surface area (Å²) in [4.78, 5) is 14.6. The smallest absolute Gasteiger partial charge is 0.161 e. The van der Waals surface area contributed by atoms with Gasteiger partial charge in [-0.15, -0.1) is 0 Å². The standard InChI is InChI=1S/C18H27N5/c1-21-11-4-3-7-14(21)13-16-20-15-8-5-10-19-18(15)23(16)17-9-6-12-22(17)2/h5,8,10,14,17H,3-4,6-7,9,11-13H2,1-2H3. The molecule has 2 aliphatic heterocycles. The molecule has 23 heavy (non-hydrogen) atoms. The molecule has 4 rings (SSSR count). The Kier molecular flexibility index (Phi) is 4.07. The summed E-state index contributed by atoms with van der Waals surface area (Å²) in [7, 11) is 4.49. The number of likely N-dealkylation sites (tertiary alicyclic amines) is 2. The third-order valence-corrected chi connectivity index (χ3v) is 5.64. The van der Waals surface area contributed by atoms with Crippen molar-refractivity contribution >= 4 is 11.2 Å². The van der Waals surface area contributed by atoms with Crippen LogP contribution in [0.15, 0.2) is 18.3 Å². The Bertz CT molecular complexity index is 679. The van der Waals surface area contributed by atoms with Crippen LogP contribution in [0, 0.1) is 0 Å². The topological polar surface area (TPSA) is 37.2 Å². The summed E-state index contributed by atoms with van der Waals surface area (Å²) in [6, 6.07) is 4.71. The molecule has 0 aliphatic carbocycles. The molecule has 2 unspecified atom stereocenters. The summed E-state index contributed by atoms with van der Waals surface area (Å²) < 4.78 is 2.42. The number of hydrogen-bond acceptors (Lipinski definition) is 4. The van der Waals surface area contributed by atoms with Gasteiger partial charge in [-0.2, -0.15) is 0 Å². The van der Waals surface area contributed by atoms with Gasteiger partial charge in [0.05, 0.1) is 6.17 Å². The largest absolute Gasteiger partial charge is 0.303 e. The van der Waals surface area contributed by atoms with Gasteiger partial charge in [-0.1, -0.05) is 6.42 Å². The van der Waals surface area contributed by atoms with Crippen molar-refractivity contribution in [1.29, 1.82) is 0 Å². The number of imidazole rings is 1. The van der Waals surface area contributed by atoms with Gasteiger partial charge in [-0.25, -0.2) is 9.97 Å². The Hall–Kier alpha value is -1.46. The van der Waals surface area contributed by atoms with Crippen LogP contribution in [0.1, 0.15) is 44.1 Å². The van der Waals surface area contributed by atoms with Crippen LogP contribution < -0.4 is 0 Å². The average Bonchev–Trinajstić information content (AvgIpc) is 3.12.